The lowest BCUT2D eigenvalue weighted by Gasteiger charge is -2.17. The summed E-state index contributed by atoms with van der Waals surface area (Å²) >= 11 is 1.75. The van der Waals surface area contributed by atoms with E-state index in [0.29, 0.717) is 0 Å². The Morgan fingerprint density at radius 3 is 2.55 bits per heavy atom. The first-order valence-corrected chi connectivity index (χ1v) is 7.93. The maximum atomic E-state index is 5.76. The molecule has 4 heteroatoms. The summed E-state index contributed by atoms with van der Waals surface area (Å²) in [5.41, 5.74) is 5.44. The minimum atomic E-state index is 0.0465. The standard InChI is InChI=1S/C16H22N2OS/c1-3-10-19-14-7-5-13(6-8-14)15(18-17)16-12(4-2)9-11-20-16/h5-9,11,15,18H,3-4,10,17H2,1-2H3. The van der Waals surface area contributed by atoms with Gasteiger partial charge in [-0.25, -0.2) is 5.43 Å². The summed E-state index contributed by atoms with van der Waals surface area (Å²) in [6.07, 6.45) is 2.04. The van der Waals surface area contributed by atoms with Crippen molar-refractivity contribution in [2.75, 3.05) is 6.61 Å². The molecule has 1 aromatic carbocycles. The lowest BCUT2D eigenvalue weighted by Crippen LogP contribution is -2.28. The van der Waals surface area contributed by atoms with Gasteiger partial charge in [-0.2, -0.15) is 0 Å². The number of nitrogens with one attached hydrogen (secondary N) is 1. The van der Waals surface area contributed by atoms with Crippen LogP contribution >= 0.6 is 11.3 Å². The molecule has 0 aliphatic carbocycles. The van der Waals surface area contributed by atoms with E-state index in [1.54, 1.807) is 11.3 Å². The Balaban J connectivity index is 2.19. The zero-order chi connectivity index (χ0) is 14.4. The Hall–Kier alpha value is -1.36. The van der Waals surface area contributed by atoms with Crippen molar-refractivity contribution in [1.29, 1.82) is 0 Å². The molecular weight excluding hydrogens is 268 g/mol. The zero-order valence-electron chi connectivity index (χ0n) is 12.1. The number of rotatable bonds is 7. The van der Waals surface area contributed by atoms with Crippen LogP contribution in [0.2, 0.25) is 0 Å². The minimum absolute atomic E-state index is 0.0465. The summed E-state index contributed by atoms with van der Waals surface area (Å²) in [6, 6.07) is 10.4. The van der Waals surface area contributed by atoms with Crippen molar-refractivity contribution in [3.05, 3.63) is 51.7 Å². The number of ether oxygens (including phenoxy) is 1. The van der Waals surface area contributed by atoms with Crippen LogP contribution in [0.25, 0.3) is 0 Å². The molecule has 0 aliphatic rings. The minimum Gasteiger partial charge on any atom is -0.494 e. The molecule has 1 atom stereocenters. The highest BCUT2D eigenvalue weighted by atomic mass is 32.1. The summed E-state index contributed by atoms with van der Waals surface area (Å²) in [6.45, 7) is 5.02. The van der Waals surface area contributed by atoms with Crippen molar-refractivity contribution >= 4 is 11.3 Å². The van der Waals surface area contributed by atoms with Crippen molar-refractivity contribution in [1.82, 2.24) is 5.43 Å². The normalized spacial score (nSPS) is 12.3. The molecule has 3 nitrogen and oxygen atoms in total. The topological polar surface area (TPSA) is 47.3 Å². The second-order valence-corrected chi connectivity index (χ2v) is 5.63. The van der Waals surface area contributed by atoms with Crippen LogP contribution in [0.4, 0.5) is 0 Å². The maximum absolute atomic E-state index is 5.76. The molecule has 1 unspecified atom stereocenters. The number of nitrogens with two attached hydrogens (primary N) is 1. The lowest BCUT2D eigenvalue weighted by atomic mass is 10.0. The van der Waals surface area contributed by atoms with Gasteiger partial charge in [0.15, 0.2) is 0 Å². The van der Waals surface area contributed by atoms with E-state index >= 15 is 0 Å². The Kier molecular flexibility index (Phi) is 5.59. The first-order valence-electron chi connectivity index (χ1n) is 7.05. The molecule has 2 aromatic rings. The monoisotopic (exact) mass is 290 g/mol. The van der Waals surface area contributed by atoms with E-state index in [-0.39, 0.29) is 6.04 Å². The van der Waals surface area contributed by atoms with E-state index in [1.165, 1.54) is 10.4 Å². The van der Waals surface area contributed by atoms with Crippen LogP contribution < -0.4 is 16.0 Å². The largest absolute Gasteiger partial charge is 0.494 e. The van der Waals surface area contributed by atoms with Crippen LogP contribution in [0.3, 0.4) is 0 Å². The third kappa shape index (κ3) is 3.39. The van der Waals surface area contributed by atoms with Gasteiger partial charge in [0.2, 0.25) is 0 Å². The van der Waals surface area contributed by atoms with E-state index in [4.69, 9.17) is 10.6 Å². The number of hydrazine groups is 1. The quantitative estimate of drug-likeness (QED) is 0.604. The first-order chi connectivity index (χ1) is 9.80. The van der Waals surface area contributed by atoms with E-state index in [9.17, 15) is 0 Å². The Morgan fingerprint density at radius 1 is 1.20 bits per heavy atom. The summed E-state index contributed by atoms with van der Waals surface area (Å²) < 4.78 is 5.61. The molecule has 0 bridgehead atoms. The van der Waals surface area contributed by atoms with Gasteiger partial charge in [0, 0.05) is 4.88 Å². The average Bonchev–Trinajstić information content (AvgIpc) is 2.95. The van der Waals surface area contributed by atoms with Gasteiger partial charge in [0.1, 0.15) is 5.75 Å². The predicted octanol–water partition coefficient (Wildman–Crippen LogP) is 3.65. The van der Waals surface area contributed by atoms with Crippen LogP contribution in [0.5, 0.6) is 5.75 Å². The molecule has 0 fully saturated rings. The summed E-state index contributed by atoms with van der Waals surface area (Å²) in [5, 5.41) is 2.12. The van der Waals surface area contributed by atoms with Crippen molar-refractivity contribution < 1.29 is 4.74 Å². The number of benzene rings is 1. The van der Waals surface area contributed by atoms with Gasteiger partial charge < -0.3 is 4.74 Å². The van der Waals surface area contributed by atoms with Gasteiger partial charge in [0.25, 0.3) is 0 Å². The Labute approximate surface area is 124 Å². The van der Waals surface area contributed by atoms with Crippen LogP contribution in [0, 0.1) is 0 Å². The highest BCUT2D eigenvalue weighted by Crippen LogP contribution is 2.30. The van der Waals surface area contributed by atoms with E-state index < -0.39 is 0 Å². The summed E-state index contributed by atoms with van der Waals surface area (Å²) in [4.78, 5) is 1.29. The molecule has 20 heavy (non-hydrogen) atoms. The van der Waals surface area contributed by atoms with Crippen LogP contribution in [-0.2, 0) is 6.42 Å². The van der Waals surface area contributed by atoms with Crippen molar-refractivity contribution in [2.45, 2.75) is 32.7 Å². The fourth-order valence-corrected chi connectivity index (χ4v) is 3.28. The van der Waals surface area contributed by atoms with Gasteiger partial charge >= 0.3 is 0 Å². The number of hydrogen-bond acceptors (Lipinski definition) is 4. The molecule has 0 amide bonds. The second kappa shape index (κ2) is 7.43. The molecule has 108 valence electrons. The SMILES string of the molecule is CCCOc1ccc(C(NN)c2sccc2CC)cc1. The Bertz CT molecular complexity index is 522. The molecule has 0 saturated heterocycles. The second-order valence-electron chi connectivity index (χ2n) is 4.68. The molecule has 0 radical (unpaired) electrons. The first kappa shape index (κ1) is 15.0. The van der Waals surface area contributed by atoms with Gasteiger partial charge in [0.05, 0.1) is 12.6 Å². The molecule has 0 saturated carbocycles. The van der Waals surface area contributed by atoms with Crippen LogP contribution in [-0.4, -0.2) is 6.61 Å². The molecule has 0 aliphatic heterocycles. The fraction of sp³-hybridized carbons (Fsp3) is 0.375. The fourth-order valence-electron chi connectivity index (χ4n) is 2.19. The molecule has 2 rings (SSSR count). The number of thiophene rings is 1. The molecule has 1 aromatic heterocycles. The van der Waals surface area contributed by atoms with Crippen LogP contribution in [0.15, 0.2) is 35.7 Å². The third-order valence-corrected chi connectivity index (χ3v) is 4.30. The van der Waals surface area contributed by atoms with Crippen molar-refractivity contribution in [3.8, 4) is 5.75 Å². The van der Waals surface area contributed by atoms with Gasteiger partial charge in [-0.3, -0.25) is 5.84 Å². The number of hydrogen-bond donors (Lipinski definition) is 2. The molecule has 3 N–H and O–H groups in total. The van der Waals surface area contributed by atoms with Gasteiger partial charge in [-0.1, -0.05) is 26.0 Å². The van der Waals surface area contributed by atoms with Crippen molar-refractivity contribution in [2.24, 2.45) is 5.84 Å². The molecule has 0 spiro atoms. The van der Waals surface area contributed by atoms with Gasteiger partial charge in [-0.05, 0) is 47.5 Å². The smallest absolute Gasteiger partial charge is 0.119 e. The summed E-state index contributed by atoms with van der Waals surface area (Å²) in [7, 11) is 0. The van der Waals surface area contributed by atoms with E-state index in [2.05, 4.69) is 42.9 Å². The van der Waals surface area contributed by atoms with E-state index in [0.717, 1.165) is 30.8 Å². The number of aryl methyl sites for hydroxylation is 1. The lowest BCUT2D eigenvalue weighted by molar-refractivity contribution is 0.317. The molecule has 1 heterocycles. The third-order valence-electron chi connectivity index (χ3n) is 3.28. The van der Waals surface area contributed by atoms with Gasteiger partial charge in [-0.15, -0.1) is 11.3 Å². The van der Waals surface area contributed by atoms with Crippen molar-refractivity contribution in [3.63, 3.8) is 0 Å². The highest BCUT2D eigenvalue weighted by molar-refractivity contribution is 7.10. The maximum Gasteiger partial charge on any atom is 0.119 e. The Morgan fingerprint density at radius 2 is 1.95 bits per heavy atom. The highest BCUT2D eigenvalue weighted by Gasteiger charge is 2.16. The molecular formula is C16H22N2OS. The average molecular weight is 290 g/mol. The summed E-state index contributed by atoms with van der Waals surface area (Å²) in [5.74, 6) is 6.67. The predicted molar refractivity (Wildman–Crippen MR) is 85.1 cm³/mol. The van der Waals surface area contributed by atoms with Crippen LogP contribution in [0.1, 0.15) is 42.3 Å². The van der Waals surface area contributed by atoms with E-state index in [1.807, 2.05) is 12.1 Å². The zero-order valence-corrected chi connectivity index (χ0v) is 12.9.